The van der Waals surface area contributed by atoms with E-state index >= 15 is 0 Å². The molecule has 1 saturated heterocycles. The minimum Gasteiger partial charge on any atom is -0.388 e. The monoisotopic (exact) mass is 321 g/mol. The molecule has 0 aliphatic carbocycles. The smallest absolute Gasteiger partial charge is 0.103 e. The Bertz CT molecular complexity index is 523. The number of hydrogen-bond acceptors (Lipinski definition) is 5. The fraction of sp³-hybridized carbons (Fsp3) is 0.722. The Labute approximate surface area is 140 Å². The number of anilines is 1. The molecule has 1 N–H and O–H groups in total. The van der Waals surface area contributed by atoms with Gasteiger partial charge in [-0.1, -0.05) is 13.8 Å². The van der Waals surface area contributed by atoms with Gasteiger partial charge in [0.2, 0.25) is 0 Å². The van der Waals surface area contributed by atoms with Crippen LogP contribution in [0.3, 0.4) is 0 Å². The van der Waals surface area contributed by atoms with Crippen molar-refractivity contribution in [2.24, 2.45) is 0 Å². The van der Waals surface area contributed by atoms with Gasteiger partial charge in [0.15, 0.2) is 0 Å². The van der Waals surface area contributed by atoms with E-state index in [1.807, 2.05) is 13.8 Å². The second-order valence-electron chi connectivity index (χ2n) is 7.55. The fourth-order valence-electron chi connectivity index (χ4n) is 2.83. The van der Waals surface area contributed by atoms with Crippen molar-refractivity contribution in [2.45, 2.75) is 51.9 Å². The molecule has 2 rings (SSSR count). The highest BCUT2D eigenvalue weighted by molar-refractivity contribution is 5.52. The molecule has 1 aromatic rings. The van der Waals surface area contributed by atoms with Crippen LogP contribution in [0.5, 0.6) is 0 Å². The number of aromatic nitrogens is 1. The summed E-state index contributed by atoms with van der Waals surface area (Å²) in [5, 5.41) is 10.3. The topological polar surface area (TPSA) is 48.8 Å². The second kappa shape index (κ2) is 7.16. The molecule has 0 amide bonds. The van der Waals surface area contributed by atoms with Crippen LogP contribution in [-0.2, 0) is 11.3 Å². The lowest BCUT2D eigenvalue weighted by atomic mass is 9.99. The second-order valence-corrected chi connectivity index (χ2v) is 7.55. The maximum absolute atomic E-state index is 10.3. The first kappa shape index (κ1) is 18.2. The zero-order valence-electron chi connectivity index (χ0n) is 15.3. The summed E-state index contributed by atoms with van der Waals surface area (Å²) in [6.07, 6.45) is -0.187. The van der Waals surface area contributed by atoms with Gasteiger partial charge in [-0.15, -0.1) is 0 Å². The number of morpholine rings is 1. The fourth-order valence-corrected chi connectivity index (χ4v) is 2.83. The third kappa shape index (κ3) is 4.66. The van der Waals surface area contributed by atoms with E-state index < -0.39 is 5.60 Å². The highest BCUT2D eigenvalue weighted by Crippen LogP contribution is 2.27. The lowest BCUT2D eigenvalue weighted by Crippen LogP contribution is -2.52. The van der Waals surface area contributed by atoms with E-state index in [9.17, 15) is 5.11 Å². The summed E-state index contributed by atoms with van der Waals surface area (Å²) in [7, 11) is 4.12. The highest BCUT2D eigenvalue weighted by Gasteiger charge is 2.33. The van der Waals surface area contributed by atoms with E-state index in [1.54, 1.807) is 0 Å². The zero-order chi connectivity index (χ0) is 17.2. The molecule has 1 fully saturated rings. The molecule has 0 aromatic carbocycles. The Morgan fingerprint density at radius 3 is 2.65 bits per heavy atom. The van der Waals surface area contributed by atoms with Crippen LogP contribution in [0.15, 0.2) is 12.1 Å². The number of hydrogen-bond donors (Lipinski definition) is 1. The Morgan fingerprint density at radius 2 is 2.09 bits per heavy atom. The largest absolute Gasteiger partial charge is 0.388 e. The predicted molar refractivity (Wildman–Crippen MR) is 94.0 cm³/mol. The van der Waals surface area contributed by atoms with Gasteiger partial charge in [0, 0.05) is 25.3 Å². The SMILES string of the molecule is CC(C)c1ccc(N2CCOC(C(C)(C)O)C2)c(CN(C)C)n1. The summed E-state index contributed by atoms with van der Waals surface area (Å²) >= 11 is 0. The van der Waals surface area contributed by atoms with Crippen LogP contribution in [-0.4, -0.2) is 60.5 Å². The normalized spacial score (nSPS) is 19.7. The molecule has 0 bridgehead atoms. The number of ether oxygens (including phenoxy) is 1. The van der Waals surface area contributed by atoms with Gasteiger partial charge in [0.05, 0.1) is 23.6 Å². The Hall–Kier alpha value is -1.17. The van der Waals surface area contributed by atoms with Crippen LogP contribution in [0.25, 0.3) is 0 Å². The summed E-state index contributed by atoms with van der Waals surface area (Å²) in [6.45, 7) is 10.9. The first-order valence-corrected chi connectivity index (χ1v) is 8.42. The van der Waals surface area contributed by atoms with E-state index in [0.29, 0.717) is 19.1 Å². The quantitative estimate of drug-likeness (QED) is 0.901. The van der Waals surface area contributed by atoms with Gasteiger partial charge < -0.3 is 19.6 Å². The molecular weight excluding hydrogens is 290 g/mol. The van der Waals surface area contributed by atoms with E-state index in [2.05, 4.69) is 49.9 Å². The number of aliphatic hydroxyl groups is 1. The lowest BCUT2D eigenvalue weighted by Gasteiger charge is -2.40. The van der Waals surface area contributed by atoms with Crippen LogP contribution in [0.2, 0.25) is 0 Å². The molecule has 1 aromatic heterocycles. The average molecular weight is 321 g/mol. The Balaban J connectivity index is 2.30. The molecule has 1 atom stereocenters. The molecule has 23 heavy (non-hydrogen) atoms. The van der Waals surface area contributed by atoms with Crippen molar-refractivity contribution in [3.8, 4) is 0 Å². The molecule has 130 valence electrons. The molecule has 5 nitrogen and oxygen atoms in total. The van der Waals surface area contributed by atoms with Gasteiger partial charge in [0.1, 0.15) is 6.10 Å². The number of rotatable bonds is 5. The Morgan fingerprint density at radius 1 is 1.39 bits per heavy atom. The minimum absolute atomic E-state index is 0.187. The summed E-state index contributed by atoms with van der Waals surface area (Å²) in [4.78, 5) is 9.32. The van der Waals surface area contributed by atoms with Crippen molar-refractivity contribution in [1.29, 1.82) is 0 Å². The van der Waals surface area contributed by atoms with Crippen molar-refractivity contribution in [3.05, 3.63) is 23.5 Å². The summed E-state index contributed by atoms with van der Waals surface area (Å²) < 4.78 is 5.75. The van der Waals surface area contributed by atoms with Crippen LogP contribution in [0.4, 0.5) is 5.69 Å². The number of pyridine rings is 1. The highest BCUT2D eigenvalue weighted by atomic mass is 16.5. The van der Waals surface area contributed by atoms with Crippen molar-refractivity contribution in [1.82, 2.24) is 9.88 Å². The van der Waals surface area contributed by atoms with Crippen molar-refractivity contribution in [2.75, 3.05) is 38.7 Å². The third-order valence-electron chi connectivity index (χ3n) is 4.22. The summed E-state index contributed by atoms with van der Waals surface area (Å²) in [5.74, 6) is 0.416. The van der Waals surface area contributed by atoms with E-state index in [0.717, 1.165) is 30.2 Å². The Kier molecular flexibility index (Phi) is 5.65. The minimum atomic E-state index is -0.842. The molecule has 0 radical (unpaired) electrons. The van der Waals surface area contributed by atoms with E-state index in [4.69, 9.17) is 9.72 Å². The van der Waals surface area contributed by atoms with Gasteiger partial charge in [-0.25, -0.2) is 0 Å². The average Bonchev–Trinajstić information content (AvgIpc) is 2.45. The summed E-state index contributed by atoms with van der Waals surface area (Å²) in [6, 6.07) is 4.29. The van der Waals surface area contributed by atoms with Crippen LogP contribution < -0.4 is 4.90 Å². The maximum Gasteiger partial charge on any atom is 0.103 e. The van der Waals surface area contributed by atoms with Crippen molar-refractivity contribution < 1.29 is 9.84 Å². The van der Waals surface area contributed by atoms with Crippen molar-refractivity contribution >= 4 is 5.69 Å². The van der Waals surface area contributed by atoms with E-state index in [1.165, 1.54) is 0 Å². The van der Waals surface area contributed by atoms with Gasteiger partial charge >= 0.3 is 0 Å². The van der Waals surface area contributed by atoms with Gasteiger partial charge in [-0.3, -0.25) is 4.98 Å². The first-order valence-electron chi connectivity index (χ1n) is 8.42. The van der Waals surface area contributed by atoms with Crippen molar-refractivity contribution in [3.63, 3.8) is 0 Å². The van der Waals surface area contributed by atoms with Crippen LogP contribution in [0, 0.1) is 0 Å². The lowest BCUT2D eigenvalue weighted by molar-refractivity contribution is -0.0928. The molecule has 2 heterocycles. The van der Waals surface area contributed by atoms with Gasteiger partial charge in [-0.2, -0.15) is 0 Å². The summed E-state index contributed by atoms with van der Waals surface area (Å²) in [5.41, 5.74) is 2.53. The van der Waals surface area contributed by atoms with Crippen LogP contribution >= 0.6 is 0 Å². The standard InChI is InChI=1S/C18H31N3O2/c1-13(2)14-7-8-16(15(19-14)11-20(5)6)21-9-10-23-17(12-21)18(3,4)22/h7-8,13,17,22H,9-12H2,1-6H3. The molecule has 0 saturated carbocycles. The van der Waals surface area contributed by atoms with Gasteiger partial charge in [-0.05, 0) is 46.0 Å². The molecule has 5 heteroatoms. The van der Waals surface area contributed by atoms with Gasteiger partial charge in [0.25, 0.3) is 0 Å². The third-order valence-corrected chi connectivity index (χ3v) is 4.22. The molecule has 1 aliphatic rings. The zero-order valence-corrected chi connectivity index (χ0v) is 15.3. The predicted octanol–water partition coefficient (Wildman–Crippen LogP) is 2.24. The molecular formula is C18H31N3O2. The first-order chi connectivity index (χ1) is 10.7. The van der Waals surface area contributed by atoms with Crippen LogP contribution in [0.1, 0.15) is 45.0 Å². The number of nitrogens with zero attached hydrogens (tertiary/aromatic N) is 3. The van der Waals surface area contributed by atoms with E-state index in [-0.39, 0.29) is 6.10 Å². The maximum atomic E-state index is 10.3. The molecule has 1 unspecified atom stereocenters. The molecule has 0 spiro atoms. The molecule has 1 aliphatic heterocycles.